The lowest BCUT2D eigenvalue weighted by molar-refractivity contribution is -0.117. The molecule has 18 heavy (non-hydrogen) atoms. The second kappa shape index (κ2) is 4.14. The molecule has 2 aromatic rings. The minimum atomic E-state index is -0.196. The predicted octanol–water partition coefficient (Wildman–Crippen LogP) is 1.94. The van der Waals surface area contributed by atoms with Crippen LogP contribution in [0.3, 0.4) is 0 Å². The molecule has 1 amide bonds. The molecule has 90 valence electrons. The Hall–Kier alpha value is -2.36. The largest absolute Gasteiger partial charge is 0.397 e. The summed E-state index contributed by atoms with van der Waals surface area (Å²) in [6.07, 6.45) is 2.34. The van der Waals surface area contributed by atoms with E-state index in [2.05, 4.69) is 10.3 Å². The standard InChI is InChI=1S/C14H13N3O/c15-12-6-3-5-10-11(14(18)17-13(10)12)8-9-4-1-2-7-16-9/h1-7,11H,8,15H2,(H,17,18). The van der Waals surface area contributed by atoms with Gasteiger partial charge in [0.15, 0.2) is 0 Å². The second-order valence-corrected chi connectivity index (χ2v) is 4.38. The highest BCUT2D eigenvalue weighted by Gasteiger charge is 2.31. The summed E-state index contributed by atoms with van der Waals surface area (Å²) in [5.74, 6) is -0.202. The van der Waals surface area contributed by atoms with Gasteiger partial charge >= 0.3 is 0 Å². The van der Waals surface area contributed by atoms with Crippen molar-refractivity contribution in [1.82, 2.24) is 4.98 Å². The van der Waals surface area contributed by atoms with Crippen LogP contribution in [0.15, 0.2) is 42.6 Å². The molecule has 2 heterocycles. The number of benzene rings is 1. The number of nitrogens with zero attached hydrogens (tertiary/aromatic N) is 1. The van der Waals surface area contributed by atoms with Crippen molar-refractivity contribution in [2.24, 2.45) is 0 Å². The molecular weight excluding hydrogens is 226 g/mol. The topological polar surface area (TPSA) is 68.0 Å². The molecule has 1 aliphatic heterocycles. The smallest absolute Gasteiger partial charge is 0.232 e. The zero-order valence-corrected chi connectivity index (χ0v) is 9.76. The highest BCUT2D eigenvalue weighted by molar-refractivity contribution is 6.05. The van der Waals surface area contributed by atoms with Crippen LogP contribution in [0.1, 0.15) is 17.2 Å². The van der Waals surface area contributed by atoms with Crippen molar-refractivity contribution in [3.8, 4) is 0 Å². The van der Waals surface area contributed by atoms with E-state index in [0.717, 1.165) is 16.9 Å². The van der Waals surface area contributed by atoms with Gasteiger partial charge in [0.25, 0.3) is 0 Å². The first-order valence-corrected chi connectivity index (χ1v) is 5.85. The van der Waals surface area contributed by atoms with Crippen LogP contribution in [-0.2, 0) is 11.2 Å². The predicted molar refractivity (Wildman–Crippen MR) is 70.2 cm³/mol. The van der Waals surface area contributed by atoms with Crippen LogP contribution in [-0.4, -0.2) is 10.9 Å². The van der Waals surface area contributed by atoms with Crippen molar-refractivity contribution in [2.45, 2.75) is 12.3 Å². The van der Waals surface area contributed by atoms with E-state index in [1.54, 1.807) is 12.3 Å². The number of anilines is 2. The summed E-state index contributed by atoms with van der Waals surface area (Å²) in [7, 11) is 0. The van der Waals surface area contributed by atoms with E-state index in [0.29, 0.717) is 12.1 Å². The lowest BCUT2D eigenvalue weighted by Crippen LogP contribution is -2.14. The Morgan fingerprint density at radius 1 is 1.22 bits per heavy atom. The van der Waals surface area contributed by atoms with Gasteiger partial charge in [0.2, 0.25) is 5.91 Å². The highest BCUT2D eigenvalue weighted by Crippen LogP contribution is 2.37. The lowest BCUT2D eigenvalue weighted by atomic mass is 9.95. The summed E-state index contributed by atoms with van der Waals surface area (Å²) < 4.78 is 0. The summed E-state index contributed by atoms with van der Waals surface area (Å²) >= 11 is 0. The van der Waals surface area contributed by atoms with Crippen LogP contribution < -0.4 is 11.1 Å². The van der Waals surface area contributed by atoms with E-state index < -0.39 is 0 Å². The Kier molecular flexibility index (Phi) is 2.48. The fourth-order valence-electron chi connectivity index (χ4n) is 2.31. The summed E-state index contributed by atoms with van der Waals surface area (Å²) in [5, 5.41) is 2.84. The van der Waals surface area contributed by atoms with Crippen molar-refractivity contribution in [1.29, 1.82) is 0 Å². The third kappa shape index (κ3) is 1.72. The minimum Gasteiger partial charge on any atom is -0.397 e. The summed E-state index contributed by atoms with van der Waals surface area (Å²) in [5.41, 5.74) is 9.10. The maximum absolute atomic E-state index is 12.0. The average Bonchev–Trinajstić information content (AvgIpc) is 2.70. The maximum Gasteiger partial charge on any atom is 0.232 e. The molecule has 1 atom stereocenters. The number of nitrogens with one attached hydrogen (secondary N) is 1. The first-order valence-electron chi connectivity index (χ1n) is 5.85. The lowest BCUT2D eigenvalue weighted by Gasteiger charge is -2.08. The van der Waals surface area contributed by atoms with Gasteiger partial charge in [-0.2, -0.15) is 0 Å². The number of carbonyl (C=O) groups excluding carboxylic acids is 1. The van der Waals surface area contributed by atoms with E-state index >= 15 is 0 Å². The SMILES string of the molecule is Nc1cccc2c1NC(=O)C2Cc1ccccn1. The van der Waals surface area contributed by atoms with Gasteiger partial charge in [-0.05, 0) is 23.8 Å². The van der Waals surface area contributed by atoms with Gasteiger partial charge in [-0.1, -0.05) is 18.2 Å². The molecule has 0 saturated carbocycles. The minimum absolute atomic E-state index is 0.00597. The van der Waals surface area contributed by atoms with Crippen LogP contribution in [0.5, 0.6) is 0 Å². The van der Waals surface area contributed by atoms with Crippen LogP contribution in [0.25, 0.3) is 0 Å². The normalized spacial score (nSPS) is 17.3. The van der Waals surface area contributed by atoms with Crippen LogP contribution in [0.2, 0.25) is 0 Å². The van der Waals surface area contributed by atoms with Crippen molar-refractivity contribution < 1.29 is 4.79 Å². The number of carbonyl (C=O) groups is 1. The number of nitrogens with two attached hydrogens (primary N) is 1. The zero-order chi connectivity index (χ0) is 12.5. The second-order valence-electron chi connectivity index (χ2n) is 4.38. The third-order valence-electron chi connectivity index (χ3n) is 3.21. The molecule has 1 unspecified atom stereocenters. The third-order valence-corrected chi connectivity index (χ3v) is 3.21. The van der Waals surface area contributed by atoms with Crippen molar-refractivity contribution in [2.75, 3.05) is 11.1 Å². The number of hydrogen-bond donors (Lipinski definition) is 2. The van der Waals surface area contributed by atoms with Gasteiger partial charge in [0.05, 0.1) is 17.3 Å². The molecule has 1 aromatic heterocycles. The maximum atomic E-state index is 12.0. The Morgan fingerprint density at radius 3 is 2.89 bits per heavy atom. The quantitative estimate of drug-likeness (QED) is 0.787. The van der Waals surface area contributed by atoms with E-state index in [-0.39, 0.29) is 11.8 Å². The fraction of sp³-hybridized carbons (Fsp3) is 0.143. The Balaban J connectivity index is 1.95. The highest BCUT2D eigenvalue weighted by atomic mass is 16.2. The van der Waals surface area contributed by atoms with Crippen molar-refractivity contribution in [3.63, 3.8) is 0 Å². The molecule has 1 aliphatic rings. The molecular formula is C14H13N3O. The fourth-order valence-corrected chi connectivity index (χ4v) is 2.31. The van der Waals surface area contributed by atoms with Crippen molar-refractivity contribution >= 4 is 17.3 Å². The number of para-hydroxylation sites is 1. The molecule has 0 aliphatic carbocycles. The van der Waals surface area contributed by atoms with E-state index in [9.17, 15) is 4.79 Å². The summed E-state index contributed by atoms with van der Waals surface area (Å²) in [4.78, 5) is 16.3. The molecule has 0 fully saturated rings. The van der Waals surface area contributed by atoms with E-state index in [4.69, 9.17) is 5.73 Å². The van der Waals surface area contributed by atoms with Crippen LogP contribution in [0, 0.1) is 0 Å². The number of aromatic nitrogens is 1. The molecule has 0 bridgehead atoms. The summed E-state index contributed by atoms with van der Waals surface area (Å²) in [6.45, 7) is 0. The molecule has 4 heteroatoms. The van der Waals surface area contributed by atoms with Gasteiger partial charge < -0.3 is 11.1 Å². The molecule has 0 spiro atoms. The number of pyridine rings is 1. The number of rotatable bonds is 2. The van der Waals surface area contributed by atoms with Crippen molar-refractivity contribution in [3.05, 3.63) is 53.9 Å². The zero-order valence-electron chi connectivity index (χ0n) is 9.76. The van der Waals surface area contributed by atoms with Crippen LogP contribution in [0.4, 0.5) is 11.4 Å². The van der Waals surface area contributed by atoms with E-state index in [1.807, 2.05) is 30.3 Å². The number of fused-ring (bicyclic) bond motifs is 1. The van der Waals surface area contributed by atoms with Gasteiger partial charge in [0, 0.05) is 18.3 Å². The monoisotopic (exact) mass is 239 g/mol. The Labute approximate surface area is 105 Å². The molecule has 0 saturated heterocycles. The first kappa shape index (κ1) is 10.8. The number of nitrogen functional groups attached to an aromatic ring is 1. The molecule has 3 rings (SSSR count). The van der Waals surface area contributed by atoms with Gasteiger partial charge in [0.1, 0.15) is 0 Å². The Bertz CT molecular complexity index is 595. The molecule has 4 nitrogen and oxygen atoms in total. The first-order chi connectivity index (χ1) is 8.75. The summed E-state index contributed by atoms with van der Waals surface area (Å²) in [6, 6.07) is 11.3. The number of hydrogen-bond acceptors (Lipinski definition) is 3. The van der Waals surface area contributed by atoms with Gasteiger partial charge in [-0.3, -0.25) is 9.78 Å². The van der Waals surface area contributed by atoms with Gasteiger partial charge in [-0.15, -0.1) is 0 Å². The van der Waals surface area contributed by atoms with Crippen LogP contribution >= 0.6 is 0 Å². The van der Waals surface area contributed by atoms with Gasteiger partial charge in [-0.25, -0.2) is 0 Å². The molecule has 0 radical (unpaired) electrons. The molecule has 1 aromatic carbocycles. The molecule has 3 N–H and O–H groups in total. The van der Waals surface area contributed by atoms with E-state index in [1.165, 1.54) is 0 Å². The number of amides is 1. The average molecular weight is 239 g/mol. The Morgan fingerprint density at radius 2 is 2.11 bits per heavy atom.